The summed E-state index contributed by atoms with van der Waals surface area (Å²) < 4.78 is 11.8. The molecule has 140 valence electrons. The number of hydrogen-bond donors (Lipinski definition) is 2. The van der Waals surface area contributed by atoms with E-state index in [-0.39, 0.29) is 13.2 Å². The Labute approximate surface area is 155 Å². The minimum Gasteiger partial charge on any atom is -0.493 e. The van der Waals surface area contributed by atoms with Crippen molar-refractivity contribution in [3.05, 3.63) is 59.7 Å². The maximum absolute atomic E-state index is 9.07. The lowest BCUT2D eigenvalue weighted by Crippen LogP contribution is -2.23. The Morgan fingerprint density at radius 1 is 0.615 bits per heavy atom. The zero-order chi connectivity index (χ0) is 18.2. The van der Waals surface area contributed by atoms with E-state index in [1.807, 2.05) is 48.5 Å². The van der Waals surface area contributed by atoms with Gasteiger partial charge in [0.2, 0.25) is 0 Å². The lowest BCUT2D eigenvalue weighted by Gasteiger charge is -2.28. The molecule has 26 heavy (non-hydrogen) atoms. The summed E-state index contributed by atoms with van der Waals surface area (Å²) in [6.45, 7) is 1.65. The fraction of sp³-hybridized carbons (Fsp3) is 0.455. The first-order valence-corrected chi connectivity index (χ1v) is 9.42. The molecule has 0 radical (unpaired) electrons. The molecular formula is C22H28O4. The summed E-state index contributed by atoms with van der Waals surface area (Å²) in [5, 5.41) is 18.1. The van der Waals surface area contributed by atoms with Crippen molar-refractivity contribution in [2.45, 2.75) is 38.9 Å². The molecule has 0 heterocycles. The van der Waals surface area contributed by atoms with E-state index in [9.17, 15) is 0 Å². The van der Waals surface area contributed by atoms with Crippen LogP contribution in [0.1, 0.15) is 36.8 Å². The Hall–Kier alpha value is -2.04. The van der Waals surface area contributed by atoms with Gasteiger partial charge in [-0.05, 0) is 72.9 Å². The Morgan fingerprint density at radius 2 is 0.962 bits per heavy atom. The average Bonchev–Trinajstić information content (AvgIpc) is 2.72. The van der Waals surface area contributed by atoms with Gasteiger partial charge in [-0.3, -0.25) is 0 Å². The molecule has 1 aliphatic carbocycles. The van der Waals surface area contributed by atoms with Crippen LogP contribution in [0.5, 0.6) is 11.5 Å². The molecule has 0 aliphatic heterocycles. The maximum atomic E-state index is 9.07. The third-order valence-corrected chi connectivity index (χ3v) is 5.15. The van der Waals surface area contributed by atoms with Crippen LogP contribution in [0.3, 0.4) is 0 Å². The molecule has 0 bridgehead atoms. The van der Waals surface area contributed by atoms with Gasteiger partial charge in [0.05, 0.1) is 26.4 Å². The first kappa shape index (κ1) is 18.7. The number of rotatable bonds is 8. The summed E-state index contributed by atoms with van der Waals surface area (Å²) in [5.74, 6) is 2.96. The van der Waals surface area contributed by atoms with Gasteiger partial charge < -0.3 is 19.7 Å². The lowest BCUT2D eigenvalue weighted by atomic mass is 9.83. The van der Waals surface area contributed by atoms with Gasteiger partial charge in [0.1, 0.15) is 11.5 Å². The van der Waals surface area contributed by atoms with Crippen LogP contribution in [0.4, 0.5) is 0 Å². The van der Waals surface area contributed by atoms with Crippen molar-refractivity contribution in [1.29, 1.82) is 0 Å². The highest BCUT2D eigenvalue weighted by Crippen LogP contribution is 2.30. The van der Waals surface area contributed by atoms with E-state index >= 15 is 0 Å². The van der Waals surface area contributed by atoms with Crippen LogP contribution in [0.2, 0.25) is 0 Å². The lowest BCUT2D eigenvalue weighted by molar-refractivity contribution is 0.148. The molecule has 4 nitrogen and oxygen atoms in total. The van der Waals surface area contributed by atoms with Gasteiger partial charge in [-0.1, -0.05) is 24.3 Å². The highest BCUT2D eigenvalue weighted by molar-refractivity contribution is 5.27. The van der Waals surface area contributed by atoms with Crippen LogP contribution >= 0.6 is 0 Å². The number of ether oxygens (including phenoxy) is 2. The molecule has 0 amide bonds. The van der Waals surface area contributed by atoms with Gasteiger partial charge in [0, 0.05) is 0 Å². The minimum atomic E-state index is 0.0674. The van der Waals surface area contributed by atoms with Crippen molar-refractivity contribution in [2.24, 2.45) is 11.8 Å². The summed E-state index contributed by atoms with van der Waals surface area (Å²) in [6, 6.07) is 15.3. The van der Waals surface area contributed by atoms with E-state index in [0.717, 1.165) is 35.8 Å². The fourth-order valence-corrected chi connectivity index (χ4v) is 3.38. The molecule has 0 atom stereocenters. The van der Waals surface area contributed by atoms with E-state index in [0.29, 0.717) is 11.8 Å². The summed E-state index contributed by atoms with van der Waals surface area (Å²) >= 11 is 0. The van der Waals surface area contributed by atoms with Crippen molar-refractivity contribution in [2.75, 3.05) is 13.2 Å². The van der Waals surface area contributed by atoms with Crippen molar-refractivity contribution in [3.8, 4) is 11.5 Å². The van der Waals surface area contributed by atoms with Gasteiger partial charge in [0.25, 0.3) is 0 Å². The molecule has 0 unspecified atom stereocenters. The standard InChI is InChI=1S/C22H28O4/c23-13-17-5-9-21(10-6-17)25-15-19-1-2-20(4-3-19)16-26-22-11-7-18(14-24)8-12-22/h5-12,19-20,23-24H,1-4,13-16H2. The predicted molar refractivity (Wildman–Crippen MR) is 101 cm³/mol. The SMILES string of the molecule is OCc1ccc(OCC2CCC(COc3ccc(CO)cc3)CC2)cc1. The van der Waals surface area contributed by atoms with Crippen molar-refractivity contribution < 1.29 is 19.7 Å². The van der Waals surface area contributed by atoms with Crippen LogP contribution in [0.15, 0.2) is 48.5 Å². The topological polar surface area (TPSA) is 58.9 Å². The normalized spacial score (nSPS) is 19.9. The third kappa shape index (κ3) is 5.48. The first-order chi connectivity index (χ1) is 12.8. The zero-order valence-corrected chi connectivity index (χ0v) is 15.1. The summed E-state index contributed by atoms with van der Waals surface area (Å²) in [7, 11) is 0. The van der Waals surface area contributed by atoms with Gasteiger partial charge in [-0.2, -0.15) is 0 Å². The number of aliphatic hydroxyl groups excluding tert-OH is 2. The van der Waals surface area contributed by atoms with E-state index in [1.165, 1.54) is 25.7 Å². The second kappa shape index (κ2) is 9.60. The van der Waals surface area contributed by atoms with Crippen molar-refractivity contribution >= 4 is 0 Å². The Bertz CT molecular complexity index is 583. The summed E-state index contributed by atoms with van der Waals surface area (Å²) in [6.07, 6.45) is 4.69. The second-order valence-electron chi connectivity index (χ2n) is 7.11. The van der Waals surface area contributed by atoms with Gasteiger partial charge >= 0.3 is 0 Å². The van der Waals surface area contributed by atoms with Gasteiger partial charge in [0.15, 0.2) is 0 Å². The predicted octanol–water partition coefficient (Wildman–Crippen LogP) is 3.94. The molecule has 2 aromatic rings. The minimum absolute atomic E-state index is 0.0674. The van der Waals surface area contributed by atoms with Crippen LogP contribution in [-0.2, 0) is 13.2 Å². The van der Waals surface area contributed by atoms with E-state index < -0.39 is 0 Å². The quantitative estimate of drug-likeness (QED) is 0.752. The van der Waals surface area contributed by atoms with Crippen LogP contribution in [0, 0.1) is 11.8 Å². The second-order valence-corrected chi connectivity index (χ2v) is 7.11. The zero-order valence-electron chi connectivity index (χ0n) is 15.1. The Balaban J connectivity index is 1.35. The van der Waals surface area contributed by atoms with Gasteiger partial charge in [-0.25, -0.2) is 0 Å². The first-order valence-electron chi connectivity index (χ1n) is 9.42. The molecular weight excluding hydrogens is 328 g/mol. The summed E-state index contributed by atoms with van der Waals surface area (Å²) in [4.78, 5) is 0. The Morgan fingerprint density at radius 3 is 1.27 bits per heavy atom. The molecule has 1 aliphatic rings. The fourth-order valence-electron chi connectivity index (χ4n) is 3.38. The molecule has 3 rings (SSSR count). The third-order valence-electron chi connectivity index (χ3n) is 5.15. The van der Waals surface area contributed by atoms with Crippen molar-refractivity contribution in [3.63, 3.8) is 0 Å². The number of aliphatic hydroxyl groups is 2. The molecule has 2 aromatic carbocycles. The largest absolute Gasteiger partial charge is 0.493 e. The van der Waals surface area contributed by atoms with E-state index in [4.69, 9.17) is 19.7 Å². The summed E-state index contributed by atoms with van der Waals surface area (Å²) in [5.41, 5.74) is 1.81. The average molecular weight is 356 g/mol. The molecule has 2 N–H and O–H groups in total. The van der Waals surface area contributed by atoms with Crippen LogP contribution in [0.25, 0.3) is 0 Å². The van der Waals surface area contributed by atoms with E-state index in [1.54, 1.807) is 0 Å². The highest BCUT2D eigenvalue weighted by Gasteiger charge is 2.22. The van der Waals surface area contributed by atoms with Crippen LogP contribution in [-0.4, -0.2) is 23.4 Å². The monoisotopic (exact) mass is 356 g/mol. The molecule has 0 aromatic heterocycles. The smallest absolute Gasteiger partial charge is 0.119 e. The molecule has 1 fully saturated rings. The van der Waals surface area contributed by atoms with Gasteiger partial charge in [-0.15, -0.1) is 0 Å². The Kier molecular flexibility index (Phi) is 6.92. The molecule has 1 saturated carbocycles. The highest BCUT2D eigenvalue weighted by atomic mass is 16.5. The molecule has 0 spiro atoms. The number of benzene rings is 2. The molecule has 0 saturated heterocycles. The van der Waals surface area contributed by atoms with E-state index in [2.05, 4.69) is 0 Å². The number of hydrogen-bond acceptors (Lipinski definition) is 4. The van der Waals surface area contributed by atoms with Crippen molar-refractivity contribution in [1.82, 2.24) is 0 Å². The van der Waals surface area contributed by atoms with Crippen LogP contribution < -0.4 is 9.47 Å². The maximum Gasteiger partial charge on any atom is 0.119 e. The molecule has 4 heteroatoms.